The normalized spacial score (nSPS) is 16.2. The first-order valence-electron chi connectivity index (χ1n) is 8.20. The summed E-state index contributed by atoms with van der Waals surface area (Å²) in [5, 5.41) is 5.23. The zero-order valence-corrected chi connectivity index (χ0v) is 14.3. The molecule has 0 aliphatic heterocycles. The van der Waals surface area contributed by atoms with Gasteiger partial charge in [-0.25, -0.2) is 0 Å². The first-order valence-corrected chi connectivity index (χ1v) is 9.08. The van der Waals surface area contributed by atoms with Crippen LogP contribution < -0.4 is 10.1 Å². The Labute approximate surface area is 141 Å². The van der Waals surface area contributed by atoms with Gasteiger partial charge in [0, 0.05) is 11.4 Å². The molecule has 23 heavy (non-hydrogen) atoms. The molecule has 0 bridgehead atoms. The van der Waals surface area contributed by atoms with Crippen molar-refractivity contribution in [1.82, 2.24) is 5.32 Å². The maximum absolute atomic E-state index is 12.9. The molecule has 1 aliphatic carbocycles. The molecule has 0 saturated heterocycles. The lowest BCUT2D eigenvalue weighted by molar-refractivity contribution is -0.126. The van der Waals surface area contributed by atoms with Gasteiger partial charge in [0.25, 0.3) is 0 Å². The minimum absolute atomic E-state index is 0.187. The van der Waals surface area contributed by atoms with Crippen molar-refractivity contribution in [3.05, 3.63) is 52.2 Å². The maximum Gasteiger partial charge on any atom is 0.231 e. The van der Waals surface area contributed by atoms with E-state index in [1.54, 1.807) is 18.4 Å². The van der Waals surface area contributed by atoms with Crippen molar-refractivity contribution < 1.29 is 9.53 Å². The number of rotatable bonds is 6. The third-order valence-corrected chi connectivity index (χ3v) is 5.83. The van der Waals surface area contributed by atoms with Gasteiger partial charge in [0.05, 0.1) is 12.5 Å². The molecule has 2 aromatic rings. The average molecular weight is 329 g/mol. The van der Waals surface area contributed by atoms with Crippen LogP contribution in [0.3, 0.4) is 0 Å². The van der Waals surface area contributed by atoms with E-state index in [0.29, 0.717) is 6.54 Å². The summed E-state index contributed by atoms with van der Waals surface area (Å²) in [4.78, 5) is 14.1. The van der Waals surface area contributed by atoms with Gasteiger partial charge >= 0.3 is 0 Å². The molecule has 3 nitrogen and oxygen atoms in total. The van der Waals surface area contributed by atoms with E-state index in [1.165, 1.54) is 4.88 Å². The number of amides is 1. The van der Waals surface area contributed by atoms with Gasteiger partial charge in [0.2, 0.25) is 5.91 Å². The summed E-state index contributed by atoms with van der Waals surface area (Å²) in [6.45, 7) is 0.645. The van der Waals surface area contributed by atoms with Gasteiger partial charge in [-0.05, 0) is 42.3 Å². The standard InChI is InChI=1S/C19H23NO2S/c1-22-16-8-3-2-7-15(16)10-13-20-18(21)19(11-4-5-12-19)17-9-6-14-23-17/h2-3,6-9,14H,4-5,10-13H2,1H3,(H,20,21). The van der Waals surface area contributed by atoms with Crippen LogP contribution in [-0.2, 0) is 16.6 Å². The second-order valence-corrected chi connectivity index (χ2v) is 7.03. The molecule has 1 heterocycles. The molecule has 1 N–H and O–H groups in total. The maximum atomic E-state index is 12.9. The van der Waals surface area contributed by atoms with Crippen LogP contribution in [0.5, 0.6) is 5.75 Å². The van der Waals surface area contributed by atoms with E-state index in [0.717, 1.165) is 43.4 Å². The third-order valence-electron chi connectivity index (χ3n) is 4.76. The number of hydrogen-bond donors (Lipinski definition) is 1. The van der Waals surface area contributed by atoms with E-state index < -0.39 is 0 Å². The van der Waals surface area contributed by atoms with E-state index in [2.05, 4.69) is 22.8 Å². The second kappa shape index (κ2) is 7.18. The number of carbonyl (C=O) groups is 1. The molecule has 3 rings (SSSR count). The summed E-state index contributed by atoms with van der Waals surface area (Å²) in [6.07, 6.45) is 4.99. The minimum atomic E-state index is -0.297. The highest BCUT2D eigenvalue weighted by molar-refractivity contribution is 7.10. The van der Waals surface area contributed by atoms with E-state index in [1.807, 2.05) is 24.3 Å². The van der Waals surface area contributed by atoms with Crippen LogP contribution in [-0.4, -0.2) is 19.6 Å². The Balaban J connectivity index is 1.64. The monoisotopic (exact) mass is 329 g/mol. The molecule has 122 valence electrons. The van der Waals surface area contributed by atoms with Crippen LogP contribution in [0.4, 0.5) is 0 Å². The van der Waals surface area contributed by atoms with E-state index >= 15 is 0 Å². The van der Waals surface area contributed by atoms with Crippen molar-refractivity contribution >= 4 is 17.2 Å². The number of hydrogen-bond acceptors (Lipinski definition) is 3. The average Bonchev–Trinajstić information content (AvgIpc) is 3.27. The van der Waals surface area contributed by atoms with Gasteiger partial charge in [0.1, 0.15) is 5.75 Å². The lowest BCUT2D eigenvalue weighted by atomic mass is 9.83. The zero-order valence-electron chi connectivity index (χ0n) is 13.5. The number of ether oxygens (including phenoxy) is 1. The van der Waals surface area contributed by atoms with Crippen molar-refractivity contribution in [2.45, 2.75) is 37.5 Å². The van der Waals surface area contributed by atoms with Crippen molar-refractivity contribution in [1.29, 1.82) is 0 Å². The van der Waals surface area contributed by atoms with E-state index in [-0.39, 0.29) is 11.3 Å². The Morgan fingerprint density at radius 2 is 2.00 bits per heavy atom. The Hall–Kier alpha value is -1.81. The number of thiophene rings is 1. The highest BCUT2D eigenvalue weighted by Crippen LogP contribution is 2.43. The molecule has 1 aromatic heterocycles. The SMILES string of the molecule is COc1ccccc1CCNC(=O)C1(c2cccs2)CCCC1. The molecule has 1 amide bonds. The van der Waals surface area contributed by atoms with Gasteiger partial charge in [-0.2, -0.15) is 0 Å². The Morgan fingerprint density at radius 3 is 2.70 bits per heavy atom. The molecule has 0 radical (unpaired) electrons. The van der Waals surface area contributed by atoms with E-state index in [4.69, 9.17) is 4.74 Å². The van der Waals surface area contributed by atoms with Gasteiger partial charge in [0.15, 0.2) is 0 Å². The third kappa shape index (κ3) is 3.27. The fourth-order valence-electron chi connectivity index (χ4n) is 3.50. The van der Waals surface area contributed by atoms with Crippen LogP contribution in [0, 0.1) is 0 Å². The first-order chi connectivity index (χ1) is 11.3. The van der Waals surface area contributed by atoms with Crippen molar-refractivity contribution in [2.75, 3.05) is 13.7 Å². The minimum Gasteiger partial charge on any atom is -0.496 e. The molecule has 1 aliphatic rings. The molecule has 0 spiro atoms. The smallest absolute Gasteiger partial charge is 0.231 e. The molecule has 0 unspecified atom stereocenters. The Morgan fingerprint density at radius 1 is 1.22 bits per heavy atom. The van der Waals surface area contributed by atoms with Crippen LogP contribution in [0.15, 0.2) is 41.8 Å². The van der Waals surface area contributed by atoms with Gasteiger partial charge in [-0.15, -0.1) is 11.3 Å². The van der Waals surface area contributed by atoms with Gasteiger partial charge in [-0.3, -0.25) is 4.79 Å². The van der Waals surface area contributed by atoms with Crippen LogP contribution in [0.2, 0.25) is 0 Å². The Bertz CT molecular complexity index is 645. The number of para-hydroxylation sites is 1. The predicted molar refractivity (Wildman–Crippen MR) is 94.2 cm³/mol. The topological polar surface area (TPSA) is 38.3 Å². The number of benzene rings is 1. The summed E-state index contributed by atoms with van der Waals surface area (Å²) >= 11 is 1.70. The van der Waals surface area contributed by atoms with Crippen LogP contribution in [0.1, 0.15) is 36.1 Å². The summed E-state index contributed by atoms with van der Waals surface area (Å²) < 4.78 is 5.37. The zero-order chi connectivity index (χ0) is 16.1. The molecule has 1 saturated carbocycles. The summed E-state index contributed by atoms with van der Waals surface area (Å²) in [5.74, 6) is 1.07. The van der Waals surface area contributed by atoms with Crippen LogP contribution >= 0.6 is 11.3 Å². The largest absolute Gasteiger partial charge is 0.496 e. The van der Waals surface area contributed by atoms with Gasteiger partial charge < -0.3 is 10.1 Å². The van der Waals surface area contributed by atoms with Crippen molar-refractivity contribution in [2.24, 2.45) is 0 Å². The summed E-state index contributed by atoms with van der Waals surface area (Å²) in [6, 6.07) is 12.1. The number of carbonyl (C=O) groups excluding carboxylic acids is 1. The van der Waals surface area contributed by atoms with Gasteiger partial charge in [-0.1, -0.05) is 37.1 Å². The van der Waals surface area contributed by atoms with E-state index in [9.17, 15) is 4.79 Å². The molecular weight excluding hydrogens is 306 g/mol. The number of methoxy groups -OCH3 is 1. The Kier molecular flexibility index (Phi) is 5.01. The predicted octanol–water partition coefficient (Wildman–Crippen LogP) is 3.93. The fraction of sp³-hybridized carbons (Fsp3) is 0.421. The highest BCUT2D eigenvalue weighted by Gasteiger charge is 2.43. The molecular formula is C19H23NO2S. The van der Waals surface area contributed by atoms with Crippen LogP contribution in [0.25, 0.3) is 0 Å². The molecule has 0 atom stereocenters. The summed E-state index contributed by atoms with van der Waals surface area (Å²) in [5.41, 5.74) is 0.835. The lowest BCUT2D eigenvalue weighted by Gasteiger charge is -2.26. The number of nitrogens with one attached hydrogen (secondary N) is 1. The quantitative estimate of drug-likeness (QED) is 0.872. The lowest BCUT2D eigenvalue weighted by Crippen LogP contribution is -2.42. The fourth-order valence-corrected chi connectivity index (χ4v) is 4.49. The first kappa shape index (κ1) is 16.1. The van der Waals surface area contributed by atoms with Crippen molar-refractivity contribution in [3.8, 4) is 5.75 Å². The molecule has 4 heteroatoms. The molecule has 1 fully saturated rings. The second-order valence-electron chi connectivity index (χ2n) is 6.08. The highest BCUT2D eigenvalue weighted by atomic mass is 32.1. The van der Waals surface area contributed by atoms with Crippen molar-refractivity contribution in [3.63, 3.8) is 0 Å². The molecule has 1 aromatic carbocycles. The summed E-state index contributed by atoms with van der Waals surface area (Å²) in [7, 11) is 1.68.